The topological polar surface area (TPSA) is 72.5 Å². The fourth-order valence-electron chi connectivity index (χ4n) is 3.31. The van der Waals surface area contributed by atoms with E-state index in [4.69, 9.17) is 0 Å². The number of ether oxygens (including phenoxy) is 1. The first kappa shape index (κ1) is 23.2. The molecule has 0 heterocycles. The van der Waals surface area contributed by atoms with Gasteiger partial charge in [0, 0.05) is 6.42 Å². The van der Waals surface area contributed by atoms with Crippen LogP contribution in [0.4, 0.5) is 13.2 Å². The van der Waals surface area contributed by atoms with Crippen LogP contribution in [0.15, 0.2) is 59.0 Å². The van der Waals surface area contributed by atoms with Crippen LogP contribution < -0.4 is 4.72 Å². The molecule has 0 saturated heterocycles. The van der Waals surface area contributed by atoms with Crippen LogP contribution in [0.25, 0.3) is 0 Å². The van der Waals surface area contributed by atoms with Crippen LogP contribution in [0, 0.1) is 5.92 Å². The van der Waals surface area contributed by atoms with E-state index in [0.29, 0.717) is 19.3 Å². The third-order valence-electron chi connectivity index (χ3n) is 5.09. The number of alkyl halides is 3. The number of hydrogen-bond acceptors (Lipinski definition) is 4. The number of benzene rings is 1. The number of methoxy groups -OCH3 is 1. The van der Waals surface area contributed by atoms with Gasteiger partial charge in [0.25, 0.3) is 0 Å². The summed E-state index contributed by atoms with van der Waals surface area (Å²) in [5, 5.41) is 0. The van der Waals surface area contributed by atoms with Crippen molar-refractivity contribution in [3.05, 3.63) is 54.1 Å². The van der Waals surface area contributed by atoms with Crippen molar-refractivity contribution in [2.75, 3.05) is 7.11 Å². The lowest BCUT2D eigenvalue weighted by atomic mass is 9.79. The lowest BCUT2D eigenvalue weighted by Crippen LogP contribution is -2.64. The number of allylic oxidation sites excluding steroid dienone is 2. The number of carbonyl (C=O) groups excluding carboxylic acids is 1. The Morgan fingerprint density at radius 3 is 2.38 bits per heavy atom. The van der Waals surface area contributed by atoms with E-state index in [0.717, 1.165) is 24.8 Å². The molecule has 0 amide bonds. The average molecular weight is 431 g/mol. The highest BCUT2D eigenvalue weighted by Gasteiger charge is 2.63. The minimum atomic E-state index is -5.24. The molecule has 1 N–H and O–H groups in total. The minimum Gasteiger partial charge on any atom is -0.467 e. The summed E-state index contributed by atoms with van der Waals surface area (Å²) in [5.41, 5.74) is -2.19. The van der Waals surface area contributed by atoms with Crippen molar-refractivity contribution >= 4 is 16.0 Å². The predicted molar refractivity (Wildman–Crippen MR) is 102 cm³/mol. The van der Waals surface area contributed by atoms with Gasteiger partial charge in [-0.15, -0.1) is 0 Å². The highest BCUT2D eigenvalue weighted by molar-refractivity contribution is 7.89. The number of hydrogen-bond donors (Lipinski definition) is 1. The zero-order valence-electron chi connectivity index (χ0n) is 16.3. The van der Waals surface area contributed by atoms with E-state index in [2.05, 4.69) is 11.3 Å². The molecule has 0 spiro atoms. The van der Waals surface area contributed by atoms with Gasteiger partial charge in [0.1, 0.15) is 0 Å². The van der Waals surface area contributed by atoms with Gasteiger partial charge >= 0.3 is 12.1 Å². The third-order valence-corrected chi connectivity index (χ3v) is 6.60. The molecule has 1 aromatic carbocycles. The van der Waals surface area contributed by atoms with Crippen molar-refractivity contribution in [3.63, 3.8) is 0 Å². The molecule has 5 nitrogen and oxygen atoms in total. The van der Waals surface area contributed by atoms with Gasteiger partial charge in [-0.05, 0) is 44.2 Å². The predicted octanol–water partition coefficient (Wildman–Crippen LogP) is 4.13. The maximum absolute atomic E-state index is 14.2. The number of esters is 1. The monoisotopic (exact) mass is 431 g/mol. The summed E-state index contributed by atoms with van der Waals surface area (Å²) >= 11 is 0. The Labute approximate surface area is 168 Å². The van der Waals surface area contributed by atoms with E-state index in [-0.39, 0.29) is 16.4 Å². The van der Waals surface area contributed by atoms with Crippen molar-refractivity contribution in [3.8, 4) is 0 Å². The molecule has 0 aromatic heterocycles. The lowest BCUT2D eigenvalue weighted by Gasteiger charge is -2.36. The Bertz CT molecular complexity index is 894. The molecule has 2 rings (SSSR count). The molecule has 0 radical (unpaired) electrons. The molecule has 0 aliphatic heterocycles. The molecule has 0 unspecified atom stereocenters. The van der Waals surface area contributed by atoms with Gasteiger partial charge in [-0.1, -0.05) is 42.0 Å². The summed E-state index contributed by atoms with van der Waals surface area (Å²) in [7, 11) is -3.88. The van der Waals surface area contributed by atoms with Crippen LogP contribution in [0.3, 0.4) is 0 Å². The lowest BCUT2D eigenvalue weighted by molar-refractivity contribution is -0.207. The number of nitrogens with one attached hydrogen (secondary N) is 1. The molecule has 0 bridgehead atoms. The molecule has 1 aliphatic carbocycles. The normalized spacial score (nSPS) is 19.8. The summed E-state index contributed by atoms with van der Waals surface area (Å²) < 4.78 is 73.8. The second-order valence-electron chi connectivity index (χ2n) is 7.17. The number of halogens is 3. The van der Waals surface area contributed by atoms with Gasteiger partial charge in [-0.3, -0.25) is 0 Å². The van der Waals surface area contributed by atoms with Crippen LogP contribution in [0.1, 0.15) is 32.6 Å². The van der Waals surface area contributed by atoms with Gasteiger partial charge in [-0.2, -0.15) is 17.9 Å². The van der Waals surface area contributed by atoms with Crippen molar-refractivity contribution < 1.29 is 31.1 Å². The minimum absolute atomic E-state index is 0.146. The van der Waals surface area contributed by atoms with Gasteiger partial charge < -0.3 is 4.74 Å². The molecule has 0 saturated carbocycles. The van der Waals surface area contributed by atoms with Crippen molar-refractivity contribution in [1.82, 2.24) is 4.72 Å². The van der Waals surface area contributed by atoms with E-state index in [1.807, 2.05) is 13.0 Å². The van der Waals surface area contributed by atoms with E-state index >= 15 is 0 Å². The van der Waals surface area contributed by atoms with Crippen LogP contribution in [-0.2, 0) is 19.6 Å². The molecule has 0 fully saturated rings. The fraction of sp³-hybridized carbons (Fsp3) is 0.450. The average Bonchev–Trinajstić information content (AvgIpc) is 2.66. The van der Waals surface area contributed by atoms with Gasteiger partial charge in [0.2, 0.25) is 15.6 Å². The summed E-state index contributed by atoms with van der Waals surface area (Å²) in [6, 6.07) is 6.56. The van der Waals surface area contributed by atoms with E-state index in [9.17, 15) is 26.4 Å². The third kappa shape index (κ3) is 5.08. The Morgan fingerprint density at radius 1 is 1.28 bits per heavy atom. The molecular formula is C20H24F3NO4S. The molecule has 29 heavy (non-hydrogen) atoms. The van der Waals surface area contributed by atoms with E-state index < -0.39 is 34.1 Å². The molecule has 160 valence electrons. The van der Waals surface area contributed by atoms with Gasteiger partial charge in [0.05, 0.1) is 12.0 Å². The van der Waals surface area contributed by atoms with Crippen LogP contribution in [-0.4, -0.2) is 33.2 Å². The number of sulfonamides is 1. The van der Waals surface area contributed by atoms with E-state index in [1.54, 1.807) is 4.72 Å². The Morgan fingerprint density at radius 2 is 1.90 bits per heavy atom. The number of rotatable bonds is 7. The summed E-state index contributed by atoms with van der Waals surface area (Å²) in [6.45, 7) is 5.68. The van der Waals surface area contributed by atoms with Crippen LogP contribution >= 0.6 is 0 Å². The van der Waals surface area contributed by atoms with E-state index in [1.165, 1.54) is 18.2 Å². The summed E-state index contributed by atoms with van der Waals surface area (Å²) in [4.78, 5) is 11.9. The maximum atomic E-state index is 14.2. The highest BCUT2D eigenvalue weighted by atomic mass is 32.2. The Balaban J connectivity index is 2.46. The first-order chi connectivity index (χ1) is 13.4. The second kappa shape index (κ2) is 8.71. The van der Waals surface area contributed by atoms with Crippen molar-refractivity contribution in [2.24, 2.45) is 5.92 Å². The van der Waals surface area contributed by atoms with Crippen LogP contribution in [0.5, 0.6) is 0 Å². The van der Waals surface area contributed by atoms with Crippen molar-refractivity contribution in [1.29, 1.82) is 0 Å². The fourth-order valence-corrected chi connectivity index (χ4v) is 4.67. The van der Waals surface area contributed by atoms with Crippen molar-refractivity contribution in [2.45, 2.75) is 49.2 Å². The SMILES string of the molecule is C=C(C[C@](NS(=O)(=O)c1ccccc1)(C(=O)OC)C(F)(F)F)[C@H]1CC=C(C)CC1. The zero-order chi connectivity index (χ0) is 21.9. The first-order valence-electron chi connectivity index (χ1n) is 9.00. The summed E-state index contributed by atoms with van der Waals surface area (Å²) in [5.74, 6) is -2.01. The van der Waals surface area contributed by atoms with Crippen LogP contribution in [0.2, 0.25) is 0 Å². The summed E-state index contributed by atoms with van der Waals surface area (Å²) in [6.07, 6.45) is -2.48. The smallest absolute Gasteiger partial charge is 0.418 e. The largest absolute Gasteiger partial charge is 0.467 e. The maximum Gasteiger partial charge on any atom is 0.418 e. The van der Waals surface area contributed by atoms with Gasteiger partial charge in [-0.25, -0.2) is 13.2 Å². The molecule has 2 atom stereocenters. The quantitative estimate of drug-likeness (QED) is 0.521. The van der Waals surface area contributed by atoms with Gasteiger partial charge in [0.15, 0.2) is 0 Å². The molecule has 1 aromatic rings. The molecule has 9 heteroatoms. The molecular weight excluding hydrogens is 407 g/mol. The first-order valence-corrected chi connectivity index (χ1v) is 10.5. The highest BCUT2D eigenvalue weighted by Crippen LogP contribution is 2.41. The Hall–Kier alpha value is -2.13. The second-order valence-corrected chi connectivity index (χ2v) is 8.85. The Kier molecular flexibility index (Phi) is 6.95. The molecule has 1 aliphatic rings. The standard InChI is InChI=1S/C20H24F3NO4S/c1-14-9-11-16(12-10-14)15(2)13-19(18(25)28-3,20(21,22)23)24-29(26,27)17-7-5-4-6-8-17/h4-9,16,24H,2,10-13H2,1,3H3/t16-,19-/m0/s1. The zero-order valence-corrected chi connectivity index (χ0v) is 17.1. The number of carbonyl (C=O) groups is 1.